The Labute approximate surface area is 148 Å². The van der Waals surface area contributed by atoms with Crippen LogP contribution >= 0.6 is 11.6 Å². The minimum Gasteiger partial charge on any atom is -0.495 e. The topological polar surface area (TPSA) is 63.2 Å². The van der Waals surface area contributed by atoms with Crippen LogP contribution in [-0.4, -0.2) is 35.4 Å². The number of methoxy groups -OCH3 is 1. The van der Waals surface area contributed by atoms with Crippen molar-refractivity contribution in [1.82, 2.24) is 15.2 Å². The molecule has 2 aromatic rings. The maximum atomic E-state index is 6.15. The third kappa shape index (κ3) is 4.47. The van der Waals surface area contributed by atoms with Crippen molar-refractivity contribution in [2.24, 2.45) is 0 Å². The lowest BCUT2D eigenvalue weighted by Gasteiger charge is -2.22. The molecule has 1 aromatic heterocycles. The molecule has 2 rings (SSSR count). The van der Waals surface area contributed by atoms with Crippen molar-refractivity contribution in [2.75, 3.05) is 30.4 Å². The van der Waals surface area contributed by atoms with Gasteiger partial charge in [-0.2, -0.15) is 10.1 Å². The van der Waals surface area contributed by atoms with Crippen LogP contribution in [0.4, 0.5) is 17.5 Å². The fourth-order valence-electron chi connectivity index (χ4n) is 2.43. The van der Waals surface area contributed by atoms with Gasteiger partial charge in [-0.25, -0.2) is 0 Å². The molecule has 0 atom stereocenters. The number of rotatable bonds is 8. The minimum absolute atomic E-state index is 0.435. The molecule has 1 N–H and O–H groups in total. The Kier molecular flexibility index (Phi) is 6.61. The molecule has 0 bridgehead atoms. The minimum atomic E-state index is 0.435. The lowest BCUT2D eigenvalue weighted by molar-refractivity contribution is 0.416. The number of benzene rings is 1. The summed E-state index contributed by atoms with van der Waals surface area (Å²) < 4.78 is 5.37. The third-order valence-corrected chi connectivity index (χ3v) is 3.99. The van der Waals surface area contributed by atoms with Gasteiger partial charge < -0.3 is 15.0 Å². The highest BCUT2D eigenvalue weighted by atomic mass is 35.5. The van der Waals surface area contributed by atoms with Crippen molar-refractivity contribution < 1.29 is 4.74 Å². The lowest BCUT2D eigenvalue weighted by Crippen LogP contribution is -2.26. The molecule has 6 nitrogen and oxygen atoms in total. The van der Waals surface area contributed by atoms with Gasteiger partial charge in [0.2, 0.25) is 5.95 Å². The monoisotopic (exact) mass is 349 g/mol. The van der Waals surface area contributed by atoms with E-state index < -0.39 is 0 Å². The fraction of sp³-hybridized carbons (Fsp3) is 0.471. The van der Waals surface area contributed by atoms with E-state index in [1.807, 2.05) is 13.0 Å². The molecule has 0 amide bonds. The van der Waals surface area contributed by atoms with Crippen molar-refractivity contribution >= 4 is 29.1 Å². The predicted molar refractivity (Wildman–Crippen MR) is 98.6 cm³/mol. The quantitative estimate of drug-likeness (QED) is 0.770. The molecule has 130 valence electrons. The Hall–Kier alpha value is -2.08. The van der Waals surface area contributed by atoms with Gasteiger partial charge >= 0.3 is 0 Å². The van der Waals surface area contributed by atoms with Crippen molar-refractivity contribution in [3.63, 3.8) is 0 Å². The summed E-state index contributed by atoms with van der Waals surface area (Å²) in [6, 6.07) is 3.68. The first kappa shape index (κ1) is 18.3. The molecule has 0 unspecified atom stereocenters. The Morgan fingerprint density at radius 3 is 2.54 bits per heavy atom. The van der Waals surface area contributed by atoms with Crippen molar-refractivity contribution in [2.45, 2.75) is 33.6 Å². The summed E-state index contributed by atoms with van der Waals surface area (Å²) in [6.45, 7) is 8.12. The number of anilines is 3. The molecule has 1 aromatic carbocycles. The molecule has 0 radical (unpaired) electrons. The molecule has 0 saturated heterocycles. The molecule has 24 heavy (non-hydrogen) atoms. The van der Waals surface area contributed by atoms with Crippen LogP contribution in [0.2, 0.25) is 5.02 Å². The second-order valence-electron chi connectivity index (χ2n) is 5.55. The van der Waals surface area contributed by atoms with Crippen molar-refractivity contribution in [3.8, 4) is 5.75 Å². The van der Waals surface area contributed by atoms with Gasteiger partial charge in [-0.15, -0.1) is 5.10 Å². The fourth-order valence-corrected chi connectivity index (χ4v) is 2.58. The first-order valence-corrected chi connectivity index (χ1v) is 8.52. The van der Waals surface area contributed by atoms with E-state index in [0.29, 0.717) is 16.7 Å². The lowest BCUT2D eigenvalue weighted by atomic mass is 10.2. The zero-order valence-corrected chi connectivity index (χ0v) is 15.4. The molecule has 0 aliphatic carbocycles. The molecular weight excluding hydrogens is 326 g/mol. The van der Waals surface area contributed by atoms with Crippen LogP contribution in [0, 0.1) is 6.92 Å². The Balaban J connectivity index is 2.28. The van der Waals surface area contributed by atoms with Crippen molar-refractivity contribution in [1.29, 1.82) is 0 Å². The standard InChI is InChI=1S/C17H24ClN5O/c1-5-7-23(8-6-2)16-11-19-22-17(21-16)20-14-9-12(3)13(18)10-15(14)24-4/h9-11H,5-8H2,1-4H3,(H,20,21,22). The smallest absolute Gasteiger partial charge is 0.249 e. The average Bonchev–Trinajstić information content (AvgIpc) is 2.58. The summed E-state index contributed by atoms with van der Waals surface area (Å²) in [5.41, 5.74) is 1.71. The number of hydrogen-bond acceptors (Lipinski definition) is 6. The summed E-state index contributed by atoms with van der Waals surface area (Å²) in [4.78, 5) is 6.80. The molecule has 0 aliphatic heterocycles. The van der Waals surface area contributed by atoms with E-state index in [9.17, 15) is 0 Å². The maximum absolute atomic E-state index is 6.15. The summed E-state index contributed by atoms with van der Waals surface area (Å²) in [5.74, 6) is 1.89. The highest BCUT2D eigenvalue weighted by Gasteiger charge is 2.12. The Morgan fingerprint density at radius 1 is 1.21 bits per heavy atom. The van der Waals surface area contributed by atoms with Gasteiger partial charge in [0.25, 0.3) is 0 Å². The van der Waals surface area contributed by atoms with Gasteiger partial charge in [-0.1, -0.05) is 25.4 Å². The number of nitrogens with zero attached hydrogens (tertiary/aromatic N) is 4. The van der Waals surface area contributed by atoms with Crippen LogP contribution in [-0.2, 0) is 0 Å². The first-order chi connectivity index (χ1) is 11.6. The molecule has 0 aliphatic rings. The largest absolute Gasteiger partial charge is 0.495 e. The van der Waals surface area contributed by atoms with E-state index in [2.05, 4.69) is 39.2 Å². The SMILES string of the molecule is CCCN(CCC)c1cnnc(Nc2cc(C)c(Cl)cc2OC)n1. The van der Waals surface area contributed by atoms with Gasteiger partial charge in [0.1, 0.15) is 5.75 Å². The van der Waals surface area contributed by atoms with Crippen LogP contribution in [0.3, 0.4) is 0 Å². The van der Waals surface area contributed by atoms with Gasteiger partial charge in [-0.05, 0) is 31.4 Å². The predicted octanol–water partition coefficient (Wildman–Crippen LogP) is 4.21. The molecule has 0 saturated carbocycles. The number of aryl methyl sites for hydroxylation is 1. The van der Waals surface area contributed by atoms with E-state index in [0.717, 1.165) is 43.0 Å². The zero-order chi connectivity index (χ0) is 17.5. The van der Waals surface area contributed by atoms with E-state index in [-0.39, 0.29) is 0 Å². The maximum Gasteiger partial charge on any atom is 0.249 e. The number of aromatic nitrogens is 3. The number of hydrogen-bond donors (Lipinski definition) is 1. The van der Waals surface area contributed by atoms with Crippen molar-refractivity contribution in [3.05, 3.63) is 28.9 Å². The molecule has 0 fully saturated rings. The molecule has 1 heterocycles. The number of ether oxygens (including phenoxy) is 1. The van der Waals surface area contributed by atoms with E-state index in [1.54, 1.807) is 19.4 Å². The van der Waals surface area contributed by atoms with Crippen LogP contribution in [0.5, 0.6) is 5.75 Å². The van der Waals surface area contributed by atoms with Gasteiger partial charge in [0, 0.05) is 24.2 Å². The summed E-state index contributed by atoms with van der Waals surface area (Å²) >= 11 is 6.15. The Bertz CT molecular complexity index is 674. The highest BCUT2D eigenvalue weighted by Crippen LogP contribution is 2.32. The number of halogens is 1. The highest BCUT2D eigenvalue weighted by molar-refractivity contribution is 6.31. The summed E-state index contributed by atoms with van der Waals surface area (Å²) in [6.07, 6.45) is 3.80. The van der Waals surface area contributed by atoms with E-state index >= 15 is 0 Å². The molecular formula is C17H24ClN5O. The van der Waals surface area contributed by atoms with Crippen LogP contribution < -0.4 is 15.0 Å². The van der Waals surface area contributed by atoms with E-state index in [1.165, 1.54) is 0 Å². The Morgan fingerprint density at radius 2 is 1.92 bits per heavy atom. The van der Waals surface area contributed by atoms with Gasteiger partial charge in [-0.3, -0.25) is 0 Å². The second-order valence-corrected chi connectivity index (χ2v) is 5.96. The van der Waals surface area contributed by atoms with Crippen LogP contribution in [0.25, 0.3) is 0 Å². The second kappa shape index (κ2) is 8.68. The van der Waals surface area contributed by atoms with Gasteiger partial charge in [0.05, 0.1) is 19.0 Å². The third-order valence-electron chi connectivity index (χ3n) is 3.58. The number of nitrogens with one attached hydrogen (secondary N) is 1. The normalized spacial score (nSPS) is 10.5. The van der Waals surface area contributed by atoms with E-state index in [4.69, 9.17) is 16.3 Å². The molecule has 0 spiro atoms. The summed E-state index contributed by atoms with van der Waals surface area (Å²) in [7, 11) is 1.60. The average molecular weight is 350 g/mol. The van der Waals surface area contributed by atoms with Gasteiger partial charge in [0.15, 0.2) is 5.82 Å². The molecule has 7 heteroatoms. The summed E-state index contributed by atoms with van der Waals surface area (Å²) in [5, 5.41) is 12.0. The van der Waals surface area contributed by atoms with Crippen LogP contribution in [0.15, 0.2) is 18.3 Å². The first-order valence-electron chi connectivity index (χ1n) is 8.14. The zero-order valence-electron chi connectivity index (χ0n) is 14.6. The van der Waals surface area contributed by atoms with Crippen LogP contribution in [0.1, 0.15) is 32.3 Å².